The van der Waals surface area contributed by atoms with Crippen molar-refractivity contribution in [2.24, 2.45) is 0 Å². The van der Waals surface area contributed by atoms with Gasteiger partial charge in [-0.05, 0) is 51.4 Å². The Balaban J connectivity index is 1.47. The fourth-order valence-electron chi connectivity index (χ4n) is 4.04. The van der Waals surface area contributed by atoms with E-state index in [4.69, 9.17) is 9.47 Å². The molecule has 0 saturated carbocycles. The number of ether oxygens (including phenoxy) is 2. The van der Waals surface area contributed by atoms with Crippen LogP contribution in [0.1, 0.15) is 24.0 Å². The van der Waals surface area contributed by atoms with Gasteiger partial charge in [0.05, 0.1) is 7.11 Å². The summed E-state index contributed by atoms with van der Waals surface area (Å²) in [5, 5.41) is 4.89. The van der Waals surface area contributed by atoms with E-state index < -0.39 is 0 Å². The van der Waals surface area contributed by atoms with Gasteiger partial charge in [-0.25, -0.2) is 0 Å². The third-order valence-corrected chi connectivity index (χ3v) is 5.74. The second-order valence-corrected chi connectivity index (χ2v) is 7.40. The Labute approximate surface area is 165 Å². The van der Waals surface area contributed by atoms with Crippen molar-refractivity contribution in [3.05, 3.63) is 90.0 Å². The molecule has 1 aliphatic heterocycles. The first kappa shape index (κ1) is 16.9. The summed E-state index contributed by atoms with van der Waals surface area (Å²) in [4.78, 5) is 0. The second kappa shape index (κ2) is 6.72. The molecule has 2 heteroatoms. The molecule has 0 aliphatic carbocycles. The topological polar surface area (TPSA) is 18.5 Å². The summed E-state index contributed by atoms with van der Waals surface area (Å²) < 4.78 is 11.7. The summed E-state index contributed by atoms with van der Waals surface area (Å²) in [5.74, 6) is 2.10. The second-order valence-electron chi connectivity index (χ2n) is 7.40. The molecule has 0 spiro atoms. The van der Waals surface area contributed by atoms with Crippen molar-refractivity contribution in [1.29, 1.82) is 0 Å². The van der Waals surface area contributed by atoms with E-state index in [-0.39, 0.29) is 12.0 Å². The molecule has 0 bridgehead atoms. The third-order valence-electron chi connectivity index (χ3n) is 5.74. The predicted molar refractivity (Wildman–Crippen MR) is 116 cm³/mol. The maximum Gasteiger partial charge on any atom is 0.128 e. The Morgan fingerprint density at radius 2 is 1.64 bits per heavy atom. The molecule has 4 aromatic carbocycles. The van der Waals surface area contributed by atoms with E-state index in [9.17, 15) is 0 Å². The average molecular weight is 366 g/mol. The molecule has 0 aromatic heterocycles. The van der Waals surface area contributed by atoms with Crippen molar-refractivity contribution in [3.63, 3.8) is 0 Å². The van der Waals surface area contributed by atoms with Gasteiger partial charge in [-0.2, -0.15) is 0 Å². The van der Waals surface area contributed by atoms with E-state index in [0.717, 1.165) is 11.5 Å². The molecule has 1 heterocycles. The molecule has 0 radical (unpaired) electrons. The summed E-state index contributed by atoms with van der Waals surface area (Å²) in [6.07, 6.45) is 4.43. The van der Waals surface area contributed by atoms with Crippen LogP contribution in [0.5, 0.6) is 11.5 Å². The van der Waals surface area contributed by atoms with E-state index >= 15 is 0 Å². The van der Waals surface area contributed by atoms with Crippen molar-refractivity contribution in [1.82, 2.24) is 0 Å². The van der Waals surface area contributed by atoms with Crippen LogP contribution in [0.2, 0.25) is 0 Å². The normalized spacial score (nSPS) is 16.6. The fourth-order valence-corrected chi connectivity index (χ4v) is 4.04. The number of hydrogen-bond acceptors (Lipinski definition) is 2. The molecular formula is C26H22O2. The average Bonchev–Trinajstić information content (AvgIpc) is 2.77. The number of hydrogen-bond donors (Lipinski definition) is 0. The van der Waals surface area contributed by atoms with Gasteiger partial charge in [0.25, 0.3) is 0 Å². The highest BCUT2D eigenvalue weighted by molar-refractivity contribution is 5.93. The maximum atomic E-state index is 6.40. The number of methoxy groups -OCH3 is 1. The lowest BCUT2D eigenvalue weighted by molar-refractivity contribution is 0.220. The predicted octanol–water partition coefficient (Wildman–Crippen LogP) is 6.58. The van der Waals surface area contributed by atoms with Gasteiger partial charge < -0.3 is 9.47 Å². The molecule has 138 valence electrons. The van der Waals surface area contributed by atoms with Gasteiger partial charge in [0.15, 0.2) is 0 Å². The number of rotatable bonds is 3. The summed E-state index contributed by atoms with van der Waals surface area (Å²) in [6.45, 7) is 2.23. The molecule has 2 atom stereocenters. The van der Waals surface area contributed by atoms with Gasteiger partial charge in [-0.15, -0.1) is 0 Å². The lowest BCUT2D eigenvalue weighted by Gasteiger charge is -2.27. The lowest BCUT2D eigenvalue weighted by atomic mass is 9.91. The molecule has 5 rings (SSSR count). The number of fused-ring (bicyclic) bond motifs is 4. The largest absolute Gasteiger partial charge is 0.497 e. The van der Waals surface area contributed by atoms with Gasteiger partial charge in [0.1, 0.15) is 17.6 Å². The van der Waals surface area contributed by atoms with Crippen LogP contribution in [0, 0.1) is 0 Å². The van der Waals surface area contributed by atoms with Gasteiger partial charge in [-0.3, -0.25) is 0 Å². The molecular weight excluding hydrogens is 344 g/mol. The summed E-state index contributed by atoms with van der Waals surface area (Å²) in [5.41, 5.74) is 2.45. The molecule has 2 nitrogen and oxygen atoms in total. The minimum Gasteiger partial charge on any atom is -0.497 e. The highest BCUT2D eigenvalue weighted by Crippen LogP contribution is 2.36. The Morgan fingerprint density at radius 3 is 2.54 bits per heavy atom. The van der Waals surface area contributed by atoms with Crippen molar-refractivity contribution in [3.8, 4) is 11.5 Å². The van der Waals surface area contributed by atoms with E-state index in [0.29, 0.717) is 0 Å². The van der Waals surface area contributed by atoms with Crippen LogP contribution in [0.3, 0.4) is 0 Å². The molecule has 4 aromatic rings. The molecule has 0 N–H and O–H groups in total. The molecule has 0 saturated heterocycles. The van der Waals surface area contributed by atoms with E-state index in [1.54, 1.807) is 7.11 Å². The molecule has 28 heavy (non-hydrogen) atoms. The standard InChI is InChI=1S/C26H22O2/c1-17(19-7-8-21-16-22(27-2)11-9-20(21)15-19)25-14-12-24-23-6-4-3-5-18(23)10-13-26(24)28-25/h3-17,25H,1-2H3. The van der Waals surface area contributed by atoms with Crippen LogP contribution in [0.25, 0.3) is 27.6 Å². The van der Waals surface area contributed by atoms with Crippen molar-refractivity contribution in [2.75, 3.05) is 7.11 Å². The Kier molecular flexibility index (Phi) is 4.05. The first-order valence-corrected chi connectivity index (χ1v) is 9.67. The molecule has 1 aliphatic rings. The minimum atomic E-state index is 0.0179. The van der Waals surface area contributed by atoms with Crippen LogP contribution in [0.15, 0.2) is 78.9 Å². The van der Waals surface area contributed by atoms with Gasteiger partial charge in [0, 0.05) is 11.5 Å². The van der Waals surface area contributed by atoms with Crippen molar-refractivity contribution < 1.29 is 9.47 Å². The summed E-state index contributed by atoms with van der Waals surface area (Å²) in [7, 11) is 1.70. The minimum absolute atomic E-state index is 0.0179. The number of benzene rings is 4. The summed E-state index contributed by atoms with van der Waals surface area (Å²) in [6, 6.07) is 25.5. The first-order chi connectivity index (χ1) is 13.7. The first-order valence-electron chi connectivity index (χ1n) is 9.67. The van der Waals surface area contributed by atoms with Gasteiger partial charge in [0.2, 0.25) is 0 Å². The summed E-state index contributed by atoms with van der Waals surface area (Å²) >= 11 is 0. The monoisotopic (exact) mass is 366 g/mol. The third kappa shape index (κ3) is 2.82. The van der Waals surface area contributed by atoms with Crippen LogP contribution < -0.4 is 9.47 Å². The molecule has 0 fully saturated rings. The maximum absolute atomic E-state index is 6.40. The molecule has 0 amide bonds. The highest BCUT2D eigenvalue weighted by atomic mass is 16.5. The highest BCUT2D eigenvalue weighted by Gasteiger charge is 2.23. The van der Waals surface area contributed by atoms with E-state index in [2.05, 4.69) is 85.8 Å². The van der Waals surface area contributed by atoms with Crippen molar-refractivity contribution in [2.45, 2.75) is 18.9 Å². The van der Waals surface area contributed by atoms with Crippen LogP contribution in [0.4, 0.5) is 0 Å². The zero-order valence-electron chi connectivity index (χ0n) is 16.1. The zero-order chi connectivity index (χ0) is 19.1. The zero-order valence-corrected chi connectivity index (χ0v) is 16.1. The van der Waals surface area contributed by atoms with E-state index in [1.165, 1.54) is 32.7 Å². The smallest absolute Gasteiger partial charge is 0.128 e. The van der Waals surface area contributed by atoms with Crippen molar-refractivity contribution >= 4 is 27.6 Å². The van der Waals surface area contributed by atoms with E-state index in [1.807, 2.05) is 6.07 Å². The quantitative estimate of drug-likeness (QED) is 0.408. The van der Waals surface area contributed by atoms with Crippen LogP contribution in [-0.4, -0.2) is 13.2 Å². The SMILES string of the molecule is COc1ccc2cc(C(C)C3C=Cc4c(ccc5ccccc45)O3)ccc2c1. The van der Waals surface area contributed by atoms with Gasteiger partial charge >= 0.3 is 0 Å². The van der Waals surface area contributed by atoms with Crippen LogP contribution >= 0.6 is 0 Å². The fraction of sp³-hybridized carbons (Fsp3) is 0.154. The van der Waals surface area contributed by atoms with Crippen LogP contribution in [-0.2, 0) is 0 Å². The Hall–Kier alpha value is -3.26. The lowest BCUT2D eigenvalue weighted by Crippen LogP contribution is -2.23. The van der Waals surface area contributed by atoms with Gasteiger partial charge in [-0.1, -0.05) is 67.6 Å². The Morgan fingerprint density at radius 1 is 0.857 bits per heavy atom. The Bertz CT molecular complexity index is 1210. The molecule has 2 unspecified atom stereocenters.